The van der Waals surface area contributed by atoms with Crippen molar-refractivity contribution in [3.8, 4) is 0 Å². The van der Waals surface area contributed by atoms with Gasteiger partial charge in [-0.2, -0.15) is 0 Å². The Morgan fingerprint density at radius 2 is 1.75 bits per heavy atom. The van der Waals surface area contributed by atoms with E-state index in [1.807, 2.05) is 19.1 Å². The quantitative estimate of drug-likeness (QED) is 0.861. The van der Waals surface area contributed by atoms with E-state index in [4.69, 9.17) is 4.74 Å². The molecule has 4 heteroatoms. The minimum absolute atomic E-state index is 0.0384. The molecule has 0 saturated carbocycles. The van der Waals surface area contributed by atoms with E-state index in [1.165, 1.54) is 0 Å². The largest absolute Gasteiger partial charge is 0.449 e. The van der Waals surface area contributed by atoms with Gasteiger partial charge in [0.2, 0.25) is 0 Å². The number of hydrogen-bond donors (Lipinski definition) is 1. The van der Waals surface area contributed by atoms with Crippen LogP contribution in [0.3, 0.4) is 0 Å². The monoisotopic (exact) mass is 277 g/mol. The lowest BCUT2D eigenvalue weighted by Gasteiger charge is -2.19. The summed E-state index contributed by atoms with van der Waals surface area (Å²) in [5.41, 5.74) is 1.64. The highest BCUT2D eigenvalue weighted by Gasteiger charge is 2.19. The molecule has 20 heavy (non-hydrogen) atoms. The van der Waals surface area contributed by atoms with Gasteiger partial charge in [0.25, 0.3) is 5.91 Å². The van der Waals surface area contributed by atoms with E-state index >= 15 is 0 Å². The zero-order chi connectivity index (χ0) is 15.3. The van der Waals surface area contributed by atoms with Crippen LogP contribution >= 0.6 is 0 Å². The molecule has 0 unspecified atom stereocenters. The third-order valence-corrected chi connectivity index (χ3v) is 2.99. The molecular weight excluding hydrogens is 254 g/mol. The summed E-state index contributed by atoms with van der Waals surface area (Å²) in [4.78, 5) is 23.4. The zero-order valence-corrected chi connectivity index (χ0v) is 12.8. The van der Waals surface area contributed by atoms with Crippen molar-refractivity contribution in [1.29, 1.82) is 0 Å². The Balaban J connectivity index is 2.71. The highest BCUT2D eigenvalue weighted by molar-refractivity contribution is 5.92. The van der Waals surface area contributed by atoms with Crippen LogP contribution in [-0.2, 0) is 14.9 Å². The van der Waals surface area contributed by atoms with Crippen molar-refractivity contribution in [2.75, 3.05) is 6.54 Å². The summed E-state index contributed by atoms with van der Waals surface area (Å²) in [5, 5.41) is 2.61. The molecule has 0 aliphatic carbocycles. The maximum Gasteiger partial charge on any atom is 0.338 e. The number of ether oxygens (including phenoxy) is 1. The Kier molecular flexibility index (Phi) is 5.31. The first-order chi connectivity index (χ1) is 9.25. The minimum Gasteiger partial charge on any atom is -0.449 e. The van der Waals surface area contributed by atoms with Crippen molar-refractivity contribution in [1.82, 2.24) is 5.32 Å². The van der Waals surface area contributed by atoms with Crippen molar-refractivity contribution in [2.45, 2.75) is 46.1 Å². The third kappa shape index (κ3) is 4.37. The number of nitrogens with one attached hydrogen (secondary N) is 1. The Morgan fingerprint density at radius 3 is 2.20 bits per heavy atom. The van der Waals surface area contributed by atoms with Gasteiger partial charge in [-0.25, -0.2) is 4.79 Å². The molecule has 1 aromatic carbocycles. The first kappa shape index (κ1) is 16.2. The van der Waals surface area contributed by atoms with Crippen molar-refractivity contribution in [3.05, 3.63) is 35.4 Å². The lowest BCUT2D eigenvalue weighted by molar-refractivity contribution is -0.128. The van der Waals surface area contributed by atoms with Gasteiger partial charge < -0.3 is 10.1 Å². The van der Waals surface area contributed by atoms with Crippen LogP contribution in [0.25, 0.3) is 0 Å². The number of hydrogen-bond acceptors (Lipinski definition) is 3. The van der Waals surface area contributed by atoms with Crippen LogP contribution in [0, 0.1) is 0 Å². The Bertz CT molecular complexity index is 471. The van der Waals surface area contributed by atoms with Gasteiger partial charge in [-0.3, -0.25) is 4.79 Å². The van der Waals surface area contributed by atoms with Crippen LogP contribution < -0.4 is 5.32 Å². The molecule has 0 aliphatic rings. The van der Waals surface area contributed by atoms with E-state index in [9.17, 15) is 9.59 Å². The van der Waals surface area contributed by atoms with Gasteiger partial charge in [0.05, 0.1) is 5.56 Å². The Labute approximate surface area is 120 Å². The molecule has 0 saturated heterocycles. The van der Waals surface area contributed by atoms with Gasteiger partial charge in [0.1, 0.15) is 0 Å². The van der Waals surface area contributed by atoms with Crippen molar-refractivity contribution in [2.24, 2.45) is 0 Å². The standard InChI is InChI=1S/C16H23NO3/c1-6-17-14(18)11(2)20-15(19)12-7-9-13(10-8-12)16(3,4)5/h7-11H,6H2,1-5H3,(H,17,18)/t11-/m0/s1. The number of amides is 1. The molecule has 0 aliphatic heterocycles. The summed E-state index contributed by atoms with van der Waals surface area (Å²) < 4.78 is 5.13. The molecule has 1 rings (SSSR count). The lowest BCUT2D eigenvalue weighted by atomic mass is 9.87. The van der Waals surface area contributed by atoms with E-state index in [0.717, 1.165) is 5.56 Å². The van der Waals surface area contributed by atoms with E-state index in [2.05, 4.69) is 26.1 Å². The number of benzene rings is 1. The van der Waals surface area contributed by atoms with Crippen LogP contribution in [0.1, 0.15) is 50.5 Å². The molecule has 0 aromatic heterocycles. The highest BCUT2D eigenvalue weighted by atomic mass is 16.5. The fraction of sp³-hybridized carbons (Fsp3) is 0.500. The SMILES string of the molecule is CCNC(=O)[C@H](C)OC(=O)c1ccc(C(C)(C)C)cc1. The average molecular weight is 277 g/mol. The molecule has 1 N–H and O–H groups in total. The van der Waals surface area contributed by atoms with Gasteiger partial charge in [-0.05, 0) is 37.0 Å². The molecule has 0 heterocycles. The fourth-order valence-corrected chi connectivity index (χ4v) is 1.71. The minimum atomic E-state index is -0.787. The topological polar surface area (TPSA) is 55.4 Å². The smallest absolute Gasteiger partial charge is 0.338 e. The second-order valence-electron chi connectivity index (χ2n) is 5.77. The predicted octanol–water partition coefficient (Wildman–Crippen LogP) is 2.67. The van der Waals surface area contributed by atoms with Crippen LogP contribution in [0.4, 0.5) is 0 Å². The van der Waals surface area contributed by atoms with Crippen molar-refractivity contribution >= 4 is 11.9 Å². The number of carbonyl (C=O) groups excluding carboxylic acids is 2. The number of esters is 1. The number of carbonyl (C=O) groups is 2. The second-order valence-corrected chi connectivity index (χ2v) is 5.77. The molecule has 0 fully saturated rings. The fourth-order valence-electron chi connectivity index (χ4n) is 1.71. The summed E-state index contributed by atoms with van der Waals surface area (Å²) in [6.07, 6.45) is -0.787. The Morgan fingerprint density at radius 1 is 1.20 bits per heavy atom. The third-order valence-electron chi connectivity index (χ3n) is 2.99. The van der Waals surface area contributed by atoms with Crippen LogP contribution in [0.2, 0.25) is 0 Å². The van der Waals surface area contributed by atoms with Gasteiger partial charge >= 0.3 is 5.97 Å². The summed E-state index contributed by atoms with van der Waals surface area (Å²) in [5.74, 6) is -0.767. The molecule has 4 nitrogen and oxygen atoms in total. The van der Waals surface area contributed by atoms with E-state index in [-0.39, 0.29) is 11.3 Å². The summed E-state index contributed by atoms with van der Waals surface area (Å²) in [7, 11) is 0. The normalized spacial score (nSPS) is 12.7. The van der Waals surface area contributed by atoms with Crippen molar-refractivity contribution < 1.29 is 14.3 Å². The number of rotatable bonds is 4. The van der Waals surface area contributed by atoms with Crippen molar-refractivity contribution in [3.63, 3.8) is 0 Å². The van der Waals surface area contributed by atoms with E-state index in [0.29, 0.717) is 12.1 Å². The summed E-state index contributed by atoms with van der Waals surface area (Å²) in [6.45, 7) is 10.2. The van der Waals surface area contributed by atoms with Crippen LogP contribution in [-0.4, -0.2) is 24.5 Å². The molecule has 0 bridgehead atoms. The average Bonchev–Trinajstić information content (AvgIpc) is 2.38. The van der Waals surface area contributed by atoms with Gasteiger partial charge in [0.15, 0.2) is 6.10 Å². The summed E-state index contributed by atoms with van der Waals surface area (Å²) in [6, 6.07) is 7.28. The highest BCUT2D eigenvalue weighted by Crippen LogP contribution is 2.22. The van der Waals surface area contributed by atoms with Crippen LogP contribution in [0.15, 0.2) is 24.3 Å². The molecule has 1 amide bonds. The molecular formula is C16H23NO3. The lowest BCUT2D eigenvalue weighted by Crippen LogP contribution is -2.35. The first-order valence-corrected chi connectivity index (χ1v) is 6.85. The van der Waals surface area contributed by atoms with E-state index in [1.54, 1.807) is 19.1 Å². The molecule has 1 atom stereocenters. The van der Waals surface area contributed by atoms with Crippen LogP contribution in [0.5, 0.6) is 0 Å². The van der Waals surface area contributed by atoms with Gasteiger partial charge in [-0.1, -0.05) is 32.9 Å². The zero-order valence-electron chi connectivity index (χ0n) is 12.8. The predicted molar refractivity (Wildman–Crippen MR) is 78.7 cm³/mol. The van der Waals surface area contributed by atoms with Gasteiger partial charge in [-0.15, -0.1) is 0 Å². The maximum atomic E-state index is 11.9. The molecule has 110 valence electrons. The summed E-state index contributed by atoms with van der Waals surface area (Å²) >= 11 is 0. The maximum absolute atomic E-state index is 11.9. The van der Waals surface area contributed by atoms with Gasteiger partial charge in [0, 0.05) is 6.54 Å². The number of likely N-dealkylation sites (N-methyl/N-ethyl adjacent to an activating group) is 1. The van der Waals surface area contributed by atoms with E-state index < -0.39 is 12.1 Å². The molecule has 0 radical (unpaired) electrons. The Hall–Kier alpha value is -1.84. The molecule has 0 spiro atoms. The second kappa shape index (κ2) is 6.55. The molecule has 1 aromatic rings. The first-order valence-electron chi connectivity index (χ1n) is 6.85.